The van der Waals surface area contributed by atoms with E-state index in [4.69, 9.17) is 0 Å². The predicted molar refractivity (Wildman–Crippen MR) is 150 cm³/mol. The number of likely N-dealkylation sites (tertiary alicyclic amines) is 1. The van der Waals surface area contributed by atoms with Crippen LogP contribution in [0.15, 0.2) is 36.4 Å². The second-order valence-corrected chi connectivity index (χ2v) is 13.0. The number of nitrogens with zero attached hydrogens (tertiary/aromatic N) is 3. The molecule has 0 spiro atoms. The number of piperazine rings is 1. The van der Waals surface area contributed by atoms with E-state index in [9.17, 15) is 9.59 Å². The molecule has 3 heterocycles. The van der Waals surface area contributed by atoms with Gasteiger partial charge in [0.25, 0.3) is 0 Å². The van der Waals surface area contributed by atoms with E-state index in [0.717, 1.165) is 44.8 Å². The number of aryl methyl sites for hydroxylation is 1. The summed E-state index contributed by atoms with van der Waals surface area (Å²) in [6.07, 6.45) is 1.19. The monoisotopic (exact) mass is 508 g/mol. The number of nitrogens with one attached hydrogen (secondary N) is 1. The second-order valence-electron chi connectivity index (χ2n) is 11.7. The Bertz CT molecular complexity index is 1060. The molecule has 2 fully saturated rings. The van der Waals surface area contributed by atoms with E-state index >= 15 is 0 Å². The van der Waals surface area contributed by atoms with Gasteiger partial charge in [-0.1, -0.05) is 56.7 Å². The van der Waals surface area contributed by atoms with E-state index in [1.807, 2.05) is 4.90 Å². The first-order chi connectivity index (χ1) is 17.1. The van der Waals surface area contributed by atoms with Gasteiger partial charge in [0.2, 0.25) is 11.8 Å². The van der Waals surface area contributed by atoms with Gasteiger partial charge in [-0.15, -0.1) is 0 Å². The third-order valence-electron chi connectivity index (χ3n) is 7.13. The maximum atomic E-state index is 13.7. The lowest BCUT2D eigenvalue weighted by Gasteiger charge is -2.32. The predicted octanol–water partition coefficient (Wildman–Crippen LogP) is 2.15. The fourth-order valence-electron chi connectivity index (χ4n) is 5.39. The summed E-state index contributed by atoms with van der Waals surface area (Å²) in [6, 6.07) is 12.6. The average molecular weight is 509 g/mol. The van der Waals surface area contributed by atoms with E-state index in [1.165, 1.54) is 15.2 Å². The summed E-state index contributed by atoms with van der Waals surface area (Å²) in [4.78, 5) is 35.1. The molecule has 36 heavy (non-hydrogen) atoms. The van der Waals surface area contributed by atoms with Crippen LogP contribution in [0.4, 0.5) is 0 Å². The van der Waals surface area contributed by atoms with Gasteiger partial charge in [-0.25, -0.2) is 0 Å². The lowest BCUT2D eigenvalue weighted by molar-refractivity contribution is -0.138. The van der Waals surface area contributed by atoms with E-state index in [1.54, 1.807) is 11.3 Å². The number of thiophene rings is 1. The molecule has 1 aromatic carbocycles. The standard InChI is InChI=1S/C28H41BN4O2S/c1-20-6-5-7-21(14-20)17-33(26(34)16-28(2,3)4)22-15-24(27(35)31-12-10-30-11-13-31)32(18-22)19-23-8-9-25(29)36-23/h5-9,14,22,24,30H,10-13,15-19,29H2,1-4H3/t22-,24-/m0/s1. The minimum absolute atomic E-state index is 0.0123. The van der Waals surface area contributed by atoms with Crippen molar-refractivity contribution in [3.05, 3.63) is 52.4 Å². The highest BCUT2D eigenvalue weighted by Gasteiger charge is 2.42. The van der Waals surface area contributed by atoms with Crippen LogP contribution in [0.2, 0.25) is 0 Å². The molecule has 1 aromatic heterocycles. The second kappa shape index (κ2) is 11.5. The Balaban J connectivity index is 1.60. The van der Waals surface area contributed by atoms with E-state index in [0.29, 0.717) is 19.4 Å². The van der Waals surface area contributed by atoms with Gasteiger partial charge in [0, 0.05) is 63.2 Å². The van der Waals surface area contributed by atoms with Crippen molar-refractivity contribution < 1.29 is 9.59 Å². The van der Waals surface area contributed by atoms with Crippen LogP contribution >= 0.6 is 11.3 Å². The van der Waals surface area contributed by atoms with Crippen molar-refractivity contribution in [1.82, 2.24) is 20.0 Å². The summed E-state index contributed by atoms with van der Waals surface area (Å²) in [6.45, 7) is 13.7. The maximum Gasteiger partial charge on any atom is 0.240 e. The van der Waals surface area contributed by atoms with Crippen LogP contribution in [0.25, 0.3) is 0 Å². The molecule has 2 aliphatic heterocycles. The zero-order valence-electron chi connectivity index (χ0n) is 22.5. The summed E-state index contributed by atoms with van der Waals surface area (Å²) >= 11 is 1.79. The van der Waals surface area contributed by atoms with Crippen LogP contribution in [-0.4, -0.2) is 79.2 Å². The smallest absolute Gasteiger partial charge is 0.240 e. The third kappa shape index (κ3) is 6.99. The molecule has 8 heteroatoms. The number of benzene rings is 1. The Morgan fingerprint density at radius 2 is 1.92 bits per heavy atom. The van der Waals surface area contributed by atoms with Crippen LogP contribution in [0.1, 0.15) is 49.6 Å². The van der Waals surface area contributed by atoms with E-state index in [2.05, 4.69) is 87.1 Å². The number of hydrogen-bond donors (Lipinski definition) is 1. The molecular formula is C28H41BN4O2S. The fraction of sp³-hybridized carbons (Fsp3) is 0.571. The van der Waals surface area contributed by atoms with Crippen molar-refractivity contribution in [2.45, 2.75) is 65.7 Å². The molecule has 1 N–H and O–H groups in total. The molecule has 0 aliphatic carbocycles. The summed E-state index contributed by atoms with van der Waals surface area (Å²) in [5.41, 5.74) is 2.25. The largest absolute Gasteiger partial charge is 0.339 e. The molecule has 2 aromatic rings. The highest BCUT2D eigenvalue weighted by Crippen LogP contribution is 2.30. The van der Waals surface area contributed by atoms with Gasteiger partial charge >= 0.3 is 0 Å². The molecule has 194 valence electrons. The molecular weight excluding hydrogens is 467 g/mol. The Labute approximate surface area is 221 Å². The quantitative estimate of drug-likeness (QED) is 0.583. The molecule has 0 saturated carbocycles. The lowest BCUT2D eigenvalue weighted by atomic mass is 9.91. The number of carbonyl (C=O) groups excluding carboxylic acids is 2. The minimum Gasteiger partial charge on any atom is -0.339 e. The van der Waals surface area contributed by atoms with Gasteiger partial charge in [-0.05, 0) is 35.2 Å². The third-order valence-corrected chi connectivity index (χ3v) is 8.11. The van der Waals surface area contributed by atoms with Gasteiger partial charge in [0.1, 0.15) is 0 Å². The molecule has 2 saturated heterocycles. The van der Waals surface area contributed by atoms with Crippen LogP contribution in [0, 0.1) is 12.3 Å². The van der Waals surface area contributed by atoms with Crippen molar-refractivity contribution in [3.8, 4) is 0 Å². The zero-order valence-corrected chi connectivity index (χ0v) is 23.4. The summed E-state index contributed by atoms with van der Waals surface area (Å²) in [7, 11) is 2.12. The number of amides is 2. The highest BCUT2D eigenvalue weighted by molar-refractivity contribution is 7.20. The molecule has 4 rings (SSSR count). The topological polar surface area (TPSA) is 55.9 Å². The number of hydrogen-bond acceptors (Lipinski definition) is 5. The van der Waals surface area contributed by atoms with Gasteiger partial charge < -0.3 is 15.1 Å². The molecule has 2 atom stereocenters. The highest BCUT2D eigenvalue weighted by atomic mass is 32.1. The molecule has 2 aliphatic rings. The SMILES string of the molecule is Bc1ccc(CN2C[C@@H](N(Cc3cccc(C)c3)C(=O)CC(C)(C)C)C[C@H]2C(=O)N2CCNCC2)s1. The van der Waals surface area contributed by atoms with Crippen molar-refractivity contribution >= 4 is 35.8 Å². The molecule has 0 unspecified atom stereocenters. The van der Waals surface area contributed by atoms with Crippen molar-refractivity contribution in [3.63, 3.8) is 0 Å². The summed E-state index contributed by atoms with van der Waals surface area (Å²) in [5.74, 6) is 0.391. The van der Waals surface area contributed by atoms with Crippen molar-refractivity contribution in [1.29, 1.82) is 0 Å². The first-order valence-electron chi connectivity index (χ1n) is 13.2. The number of carbonyl (C=O) groups is 2. The van der Waals surface area contributed by atoms with Gasteiger partial charge in [0.15, 0.2) is 7.85 Å². The summed E-state index contributed by atoms with van der Waals surface area (Å²) in [5, 5.41) is 3.35. The Hall–Kier alpha value is -2.16. The zero-order chi connectivity index (χ0) is 25.9. The molecule has 6 nitrogen and oxygen atoms in total. The lowest BCUT2D eigenvalue weighted by Crippen LogP contribution is -2.52. The van der Waals surface area contributed by atoms with Crippen LogP contribution < -0.4 is 10.1 Å². The van der Waals surface area contributed by atoms with Crippen LogP contribution in [0.3, 0.4) is 0 Å². The van der Waals surface area contributed by atoms with Crippen LogP contribution in [0.5, 0.6) is 0 Å². The normalized spacial score (nSPS) is 21.1. The van der Waals surface area contributed by atoms with Gasteiger partial charge in [-0.2, -0.15) is 11.3 Å². The van der Waals surface area contributed by atoms with Crippen LogP contribution in [-0.2, 0) is 22.7 Å². The molecule has 0 radical (unpaired) electrons. The van der Waals surface area contributed by atoms with E-state index < -0.39 is 0 Å². The fourth-order valence-corrected chi connectivity index (χ4v) is 6.30. The van der Waals surface area contributed by atoms with Crippen molar-refractivity contribution in [2.75, 3.05) is 32.7 Å². The first kappa shape index (κ1) is 26.9. The molecule has 2 amide bonds. The van der Waals surface area contributed by atoms with E-state index in [-0.39, 0.29) is 29.3 Å². The van der Waals surface area contributed by atoms with Gasteiger partial charge in [0.05, 0.1) is 6.04 Å². The average Bonchev–Trinajstić information content (AvgIpc) is 3.42. The Kier molecular flexibility index (Phi) is 8.58. The van der Waals surface area contributed by atoms with Gasteiger partial charge in [-0.3, -0.25) is 14.5 Å². The van der Waals surface area contributed by atoms with Crippen molar-refractivity contribution in [2.24, 2.45) is 5.41 Å². The minimum atomic E-state index is -0.196. The summed E-state index contributed by atoms with van der Waals surface area (Å²) < 4.78 is 1.28. The number of rotatable bonds is 7. The molecule has 0 bridgehead atoms. The Morgan fingerprint density at radius 1 is 1.17 bits per heavy atom. The first-order valence-corrected chi connectivity index (χ1v) is 14.0. The Morgan fingerprint density at radius 3 is 2.56 bits per heavy atom. The maximum absolute atomic E-state index is 13.7.